The van der Waals surface area contributed by atoms with Crippen molar-refractivity contribution in [3.8, 4) is 5.75 Å². The van der Waals surface area contributed by atoms with Crippen molar-refractivity contribution in [3.05, 3.63) is 27.2 Å². The Kier molecular flexibility index (Phi) is 4.64. The molecule has 0 aliphatic carbocycles. The highest BCUT2D eigenvalue weighted by atomic mass is 35.5. The van der Waals surface area contributed by atoms with Crippen LogP contribution in [0.4, 0.5) is 0 Å². The molecule has 2 heterocycles. The first-order valence-electron chi connectivity index (χ1n) is 7.74. The average Bonchev–Trinajstić information content (AvgIpc) is 2.56. The van der Waals surface area contributed by atoms with Crippen LogP contribution in [-0.4, -0.2) is 52.2 Å². The Morgan fingerprint density at radius 1 is 1.33 bits per heavy atom. The molecule has 3 atom stereocenters. The van der Waals surface area contributed by atoms with Gasteiger partial charge in [0.15, 0.2) is 0 Å². The normalized spacial score (nSPS) is 27.0. The number of phenols is 1. The number of carbonyl (C=O) groups excluding carboxylic acids is 2. The van der Waals surface area contributed by atoms with Gasteiger partial charge in [0, 0.05) is 12.1 Å². The molecule has 6 nitrogen and oxygen atoms in total. The van der Waals surface area contributed by atoms with Crippen molar-refractivity contribution in [1.82, 2.24) is 10.2 Å². The van der Waals surface area contributed by atoms with Crippen LogP contribution in [0, 0.1) is 6.92 Å². The highest BCUT2D eigenvalue weighted by Gasteiger charge is 2.44. The van der Waals surface area contributed by atoms with Crippen molar-refractivity contribution in [3.63, 3.8) is 0 Å². The molecule has 0 unspecified atom stereocenters. The summed E-state index contributed by atoms with van der Waals surface area (Å²) in [5, 5.41) is 22.7. The Morgan fingerprint density at radius 3 is 2.71 bits per heavy atom. The van der Waals surface area contributed by atoms with Crippen LogP contribution in [0.3, 0.4) is 0 Å². The summed E-state index contributed by atoms with van der Waals surface area (Å²) < 4.78 is 0. The van der Waals surface area contributed by atoms with E-state index in [1.165, 1.54) is 4.90 Å². The molecule has 2 saturated heterocycles. The first-order chi connectivity index (χ1) is 11.3. The minimum atomic E-state index is -0.879. The zero-order valence-electron chi connectivity index (χ0n) is 13.1. The Labute approximate surface area is 149 Å². The minimum absolute atomic E-state index is 0.0520. The molecule has 2 amide bonds. The van der Waals surface area contributed by atoms with Gasteiger partial charge in [-0.15, -0.1) is 0 Å². The van der Waals surface area contributed by atoms with Gasteiger partial charge in [0.05, 0.1) is 16.7 Å². The van der Waals surface area contributed by atoms with E-state index in [4.69, 9.17) is 23.2 Å². The third-order valence-electron chi connectivity index (χ3n) is 4.80. The number of rotatable bonds is 2. The van der Waals surface area contributed by atoms with Gasteiger partial charge in [0.25, 0.3) is 0 Å². The van der Waals surface area contributed by atoms with Crippen LogP contribution in [0.15, 0.2) is 6.07 Å². The Balaban J connectivity index is 1.90. The summed E-state index contributed by atoms with van der Waals surface area (Å²) in [7, 11) is 0. The highest BCUT2D eigenvalue weighted by molar-refractivity contribution is 6.43. The molecule has 0 saturated carbocycles. The van der Waals surface area contributed by atoms with E-state index in [0.717, 1.165) is 0 Å². The number of halogens is 2. The molecule has 3 rings (SSSR count). The van der Waals surface area contributed by atoms with E-state index < -0.39 is 18.7 Å². The number of aliphatic hydroxyl groups is 1. The molecule has 2 aliphatic rings. The number of piperazine rings is 1. The molecule has 3 N–H and O–H groups in total. The fraction of sp³-hybridized carbons (Fsp3) is 0.500. The molecule has 24 heavy (non-hydrogen) atoms. The van der Waals surface area contributed by atoms with Gasteiger partial charge >= 0.3 is 0 Å². The van der Waals surface area contributed by atoms with Crippen molar-refractivity contribution < 1.29 is 19.8 Å². The van der Waals surface area contributed by atoms with Crippen LogP contribution in [-0.2, 0) is 9.59 Å². The Bertz CT molecular complexity index is 710. The van der Waals surface area contributed by atoms with E-state index in [9.17, 15) is 19.8 Å². The van der Waals surface area contributed by atoms with Crippen molar-refractivity contribution in [2.45, 2.75) is 37.8 Å². The second-order valence-electron chi connectivity index (χ2n) is 6.27. The topological polar surface area (TPSA) is 89.9 Å². The summed E-state index contributed by atoms with van der Waals surface area (Å²) in [6, 6.07) is 0.0507. The number of hydrogen-bond donors (Lipinski definition) is 3. The maximum Gasteiger partial charge on any atom is 0.248 e. The van der Waals surface area contributed by atoms with Crippen LogP contribution in [0.1, 0.15) is 29.9 Å². The van der Waals surface area contributed by atoms with Gasteiger partial charge in [0.1, 0.15) is 17.8 Å². The van der Waals surface area contributed by atoms with Crippen molar-refractivity contribution in [2.24, 2.45) is 0 Å². The minimum Gasteiger partial charge on any atom is -0.508 e. The fourth-order valence-electron chi connectivity index (χ4n) is 3.53. The van der Waals surface area contributed by atoms with E-state index in [-0.39, 0.29) is 23.5 Å². The number of nitrogens with zero attached hydrogens (tertiary/aromatic N) is 1. The lowest BCUT2D eigenvalue weighted by atomic mass is 9.83. The van der Waals surface area contributed by atoms with Crippen molar-refractivity contribution in [1.29, 1.82) is 0 Å². The first kappa shape index (κ1) is 17.3. The second kappa shape index (κ2) is 6.43. The highest BCUT2D eigenvalue weighted by Crippen LogP contribution is 2.44. The third kappa shape index (κ3) is 2.72. The van der Waals surface area contributed by atoms with Gasteiger partial charge in [-0.25, -0.2) is 0 Å². The van der Waals surface area contributed by atoms with Crippen molar-refractivity contribution in [2.75, 3.05) is 13.2 Å². The summed E-state index contributed by atoms with van der Waals surface area (Å²) in [6.07, 6.45) is 0.905. The monoisotopic (exact) mass is 372 g/mol. The SMILES string of the molecule is Cc1cc(O)c([C@@H]2CCN3C(=O)[C@@H](CO)NC(=O)[C@@H]3C2)c(Cl)c1Cl. The predicted octanol–water partition coefficient (Wildman–Crippen LogP) is 1.57. The number of aliphatic hydroxyl groups excluding tert-OH is 1. The van der Waals surface area contributed by atoms with E-state index in [1.807, 2.05) is 0 Å². The van der Waals surface area contributed by atoms with Gasteiger partial charge in [-0.2, -0.15) is 0 Å². The maximum absolute atomic E-state index is 12.3. The molecule has 2 fully saturated rings. The average molecular weight is 373 g/mol. The van der Waals surface area contributed by atoms with Crippen LogP contribution in [0.25, 0.3) is 0 Å². The molecule has 1 aromatic carbocycles. The molecule has 0 spiro atoms. The number of fused-ring (bicyclic) bond motifs is 1. The number of nitrogens with one attached hydrogen (secondary N) is 1. The molecule has 8 heteroatoms. The number of hydrogen-bond acceptors (Lipinski definition) is 4. The molecular formula is C16H18Cl2N2O4. The summed E-state index contributed by atoms with van der Waals surface area (Å²) in [6.45, 7) is 1.69. The molecule has 0 radical (unpaired) electrons. The van der Waals surface area contributed by atoms with Gasteiger partial charge < -0.3 is 20.4 Å². The number of aromatic hydroxyl groups is 1. The fourth-order valence-corrected chi connectivity index (χ4v) is 4.09. The largest absolute Gasteiger partial charge is 0.508 e. The van der Waals surface area contributed by atoms with Crippen LogP contribution in [0.2, 0.25) is 10.0 Å². The third-order valence-corrected chi connectivity index (χ3v) is 5.77. The summed E-state index contributed by atoms with van der Waals surface area (Å²) in [5.74, 6) is -0.706. The number of piperidine rings is 1. The summed E-state index contributed by atoms with van der Waals surface area (Å²) in [5.41, 5.74) is 1.20. The molecule has 0 bridgehead atoms. The zero-order valence-corrected chi connectivity index (χ0v) is 14.6. The molecule has 130 valence electrons. The predicted molar refractivity (Wildman–Crippen MR) is 89.4 cm³/mol. The number of carbonyl (C=O) groups is 2. The van der Waals surface area contributed by atoms with Gasteiger partial charge in [-0.1, -0.05) is 23.2 Å². The lowest BCUT2D eigenvalue weighted by molar-refractivity contribution is -0.152. The first-order valence-corrected chi connectivity index (χ1v) is 8.50. The van der Waals surface area contributed by atoms with Crippen LogP contribution < -0.4 is 5.32 Å². The zero-order chi connectivity index (χ0) is 17.6. The number of aryl methyl sites for hydroxylation is 1. The van der Waals surface area contributed by atoms with Gasteiger partial charge in [-0.3, -0.25) is 9.59 Å². The smallest absolute Gasteiger partial charge is 0.248 e. The summed E-state index contributed by atoms with van der Waals surface area (Å²) >= 11 is 12.5. The standard InChI is InChI=1S/C16H18Cl2N2O4/c1-7-4-11(22)12(14(18)13(7)17)8-2-3-20-10(5-8)15(23)19-9(6-21)16(20)24/h4,8-10,21-22H,2-3,5-6H2,1H3,(H,19,23)/t8-,9-,10+/m1/s1. The van der Waals surface area contributed by atoms with Crippen LogP contribution in [0.5, 0.6) is 5.75 Å². The molecule has 2 aliphatic heterocycles. The Morgan fingerprint density at radius 2 is 2.04 bits per heavy atom. The number of phenolic OH excluding ortho intramolecular Hbond substituents is 1. The van der Waals surface area contributed by atoms with Crippen LogP contribution >= 0.6 is 23.2 Å². The lowest BCUT2D eigenvalue weighted by Crippen LogP contribution is -2.66. The molecule has 1 aromatic rings. The van der Waals surface area contributed by atoms with E-state index in [0.29, 0.717) is 40.6 Å². The van der Waals surface area contributed by atoms with Gasteiger partial charge in [0.2, 0.25) is 11.8 Å². The molecular weight excluding hydrogens is 355 g/mol. The Hall–Kier alpha value is -1.50. The van der Waals surface area contributed by atoms with E-state index in [1.54, 1.807) is 13.0 Å². The van der Waals surface area contributed by atoms with Crippen molar-refractivity contribution >= 4 is 35.0 Å². The number of amides is 2. The quantitative estimate of drug-likeness (QED) is 0.734. The second-order valence-corrected chi connectivity index (χ2v) is 7.02. The van der Waals surface area contributed by atoms with E-state index >= 15 is 0 Å². The number of benzene rings is 1. The van der Waals surface area contributed by atoms with Gasteiger partial charge in [-0.05, 0) is 37.3 Å². The summed E-state index contributed by atoms with van der Waals surface area (Å²) in [4.78, 5) is 26.0. The maximum atomic E-state index is 12.3. The van der Waals surface area contributed by atoms with E-state index in [2.05, 4.69) is 5.32 Å². The molecule has 0 aromatic heterocycles. The lowest BCUT2D eigenvalue weighted by Gasteiger charge is -2.44.